The number of nitrogens with zero attached hydrogens (tertiary/aromatic N) is 2. The Morgan fingerprint density at radius 2 is 1.93 bits per heavy atom. The Bertz CT molecular complexity index is 1120. The topological polar surface area (TPSA) is 83.7 Å². The fourth-order valence-corrected chi connectivity index (χ4v) is 3.54. The fourth-order valence-electron chi connectivity index (χ4n) is 2.85. The van der Waals surface area contributed by atoms with Crippen LogP contribution in [0.3, 0.4) is 0 Å². The van der Waals surface area contributed by atoms with E-state index in [9.17, 15) is 4.79 Å². The first-order valence-corrected chi connectivity index (χ1v) is 9.78. The molecule has 0 aliphatic carbocycles. The van der Waals surface area contributed by atoms with Crippen LogP contribution in [0.5, 0.6) is 11.5 Å². The highest BCUT2D eigenvalue weighted by Gasteiger charge is 2.20. The lowest BCUT2D eigenvalue weighted by Crippen LogP contribution is -2.13. The zero-order valence-electron chi connectivity index (χ0n) is 15.9. The van der Waals surface area contributed by atoms with Crippen molar-refractivity contribution in [1.29, 1.82) is 0 Å². The fraction of sp³-hybridized carbons (Fsp3) is 0.190. The van der Waals surface area contributed by atoms with Crippen molar-refractivity contribution in [2.75, 3.05) is 20.3 Å². The summed E-state index contributed by atoms with van der Waals surface area (Å²) in [6.07, 6.45) is 0. The second kappa shape index (κ2) is 8.32. The molecule has 0 fully saturated rings. The molecule has 0 saturated heterocycles. The number of methoxy groups -OCH3 is 1. The van der Waals surface area contributed by atoms with Gasteiger partial charge in [0.25, 0.3) is 5.71 Å². The SMILES string of the molecule is COc1ccc(OCCOC(=O)c2cc(-c3cccs3)nc3onc(C)c23)cc1. The molecule has 0 radical (unpaired) electrons. The van der Waals surface area contributed by atoms with Crippen LogP contribution in [0.2, 0.25) is 0 Å². The molecule has 4 aromatic rings. The highest BCUT2D eigenvalue weighted by molar-refractivity contribution is 7.13. The number of aromatic nitrogens is 2. The number of thiophene rings is 1. The Morgan fingerprint density at radius 1 is 1.14 bits per heavy atom. The van der Waals surface area contributed by atoms with Crippen LogP contribution < -0.4 is 9.47 Å². The minimum Gasteiger partial charge on any atom is -0.497 e. The van der Waals surface area contributed by atoms with Gasteiger partial charge in [0.2, 0.25) is 0 Å². The molecule has 0 spiro atoms. The molecule has 3 heterocycles. The van der Waals surface area contributed by atoms with Gasteiger partial charge in [-0.3, -0.25) is 0 Å². The van der Waals surface area contributed by atoms with E-state index in [4.69, 9.17) is 18.7 Å². The minimum atomic E-state index is -0.472. The molecule has 3 aromatic heterocycles. The smallest absolute Gasteiger partial charge is 0.339 e. The summed E-state index contributed by atoms with van der Waals surface area (Å²) in [5.74, 6) is 0.943. The Kier molecular flexibility index (Phi) is 5.44. The lowest BCUT2D eigenvalue weighted by Gasteiger charge is -2.09. The van der Waals surface area contributed by atoms with Crippen LogP contribution in [-0.4, -0.2) is 36.4 Å². The lowest BCUT2D eigenvalue weighted by atomic mass is 10.1. The van der Waals surface area contributed by atoms with Crippen LogP contribution in [0.25, 0.3) is 21.7 Å². The standard InChI is InChI=1S/C21H18N2O5S/c1-13-19-16(12-17(18-4-3-11-29-18)22-20(19)28-23-13)21(24)27-10-9-26-15-7-5-14(25-2)6-8-15/h3-8,11-12H,9-10H2,1-2H3. The molecule has 0 atom stereocenters. The number of hydrogen-bond donors (Lipinski definition) is 0. The molecule has 7 nitrogen and oxygen atoms in total. The molecule has 4 rings (SSSR count). The molecule has 0 aliphatic heterocycles. The number of esters is 1. The summed E-state index contributed by atoms with van der Waals surface area (Å²) in [7, 11) is 1.60. The van der Waals surface area contributed by atoms with Crippen LogP contribution >= 0.6 is 11.3 Å². The molecule has 0 N–H and O–H groups in total. The van der Waals surface area contributed by atoms with Gasteiger partial charge in [-0.25, -0.2) is 9.78 Å². The van der Waals surface area contributed by atoms with Crippen LogP contribution in [-0.2, 0) is 4.74 Å². The number of hydrogen-bond acceptors (Lipinski definition) is 8. The first-order valence-electron chi connectivity index (χ1n) is 8.90. The number of aryl methyl sites for hydroxylation is 1. The summed E-state index contributed by atoms with van der Waals surface area (Å²) in [4.78, 5) is 18.1. The van der Waals surface area contributed by atoms with E-state index in [0.29, 0.717) is 33.8 Å². The molecule has 8 heteroatoms. The predicted octanol–water partition coefficient (Wildman–Crippen LogP) is 4.50. The van der Waals surface area contributed by atoms with Gasteiger partial charge in [-0.2, -0.15) is 0 Å². The van der Waals surface area contributed by atoms with Crippen molar-refractivity contribution in [1.82, 2.24) is 10.1 Å². The average Bonchev–Trinajstić information content (AvgIpc) is 3.41. The quantitative estimate of drug-likeness (QED) is 0.327. The van der Waals surface area contributed by atoms with E-state index in [2.05, 4.69) is 10.1 Å². The van der Waals surface area contributed by atoms with Crippen molar-refractivity contribution in [2.45, 2.75) is 6.92 Å². The molecule has 0 unspecified atom stereocenters. The molecular formula is C21H18N2O5S. The van der Waals surface area contributed by atoms with Crippen LogP contribution in [0.15, 0.2) is 52.4 Å². The van der Waals surface area contributed by atoms with Crippen molar-refractivity contribution in [2.24, 2.45) is 0 Å². The molecule has 0 amide bonds. The van der Waals surface area contributed by atoms with Gasteiger partial charge < -0.3 is 18.7 Å². The number of fused-ring (bicyclic) bond motifs is 1. The summed E-state index contributed by atoms with van der Waals surface area (Å²) in [6, 6.07) is 12.8. The van der Waals surface area contributed by atoms with Gasteiger partial charge in [-0.1, -0.05) is 11.2 Å². The third-order valence-corrected chi connectivity index (χ3v) is 5.15. The Balaban J connectivity index is 1.46. The van der Waals surface area contributed by atoms with Gasteiger partial charge in [0.1, 0.15) is 24.7 Å². The first-order chi connectivity index (χ1) is 14.2. The normalized spacial score (nSPS) is 10.8. The van der Waals surface area contributed by atoms with Gasteiger partial charge in [-0.15, -0.1) is 11.3 Å². The van der Waals surface area contributed by atoms with Crippen molar-refractivity contribution in [3.8, 4) is 22.1 Å². The summed E-state index contributed by atoms with van der Waals surface area (Å²) in [6.45, 7) is 2.10. The summed E-state index contributed by atoms with van der Waals surface area (Å²) in [5.41, 5.74) is 1.92. The second-order valence-corrected chi connectivity index (χ2v) is 7.09. The van der Waals surface area contributed by atoms with E-state index in [1.807, 2.05) is 17.5 Å². The van der Waals surface area contributed by atoms with Crippen LogP contribution in [0, 0.1) is 6.92 Å². The monoisotopic (exact) mass is 410 g/mol. The Morgan fingerprint density at radius 3 is 2.66 bits per heavy atom. The van der Waals surface area contributed by atoms with Crippen molar-refractivity contribution < 1.29 is 23.5 Å². The predicted molar refractivity (Wildman–Crippen MR) is 109 cm³/mol. The maximum Gasteiger partial charge on any atom is 0.339 e. The van der Waals surface area contributed by atoms with Gasteiger partial charge in [0.05, 0.1) is 34.3 Å². The highest BCUT2D eigenvalue weighted by atomic mass is 32.1. The lowest BCUT2D eigenvalue weighted by molar-refractivity contribution is 0.0452. The van der Waals surface area contributed by atoms with Crippen LogP contribution in [0.4, 0.5) is 0 Å². The maximum absolute atomic E-state index is 12.7. The molecule has 0 bridgehead atoms. The van der Waals surface area contributed by atoms with E-state index >= 15 is 0 Å². The van der Waals surface area contributed by atoms with E-state index in [0.717, 1.165) is 10.6 Å². The number of benzene rings is 1. The Hall–Kier alpha value is -3.39. The molecule has 0 aliphatic rings. The van der Waals surface area contributed by atoms with Gasteiger partial charge in [-0.05, 0) is 48.7 Å². The van der Waals surface area contributed by atoms with Crippen molar-refractivity contribution in [3.63, 3.8) is 0 Å². The number of pyridine rings is 1. The third kappa shape index (κ3) is 4.07. The van der Waals surface area contributed by atoms with E-state index in [1.54, 1.807) is 44.4 Å². The molecule has 29 heavy (non-hydrogen) atoms. The Labute approximate surface area is 170 Å². The van der Waals surface area contributed by atoms with Crippen molar-refractivity contribution in [3.05, 3.63) is 59.1 Å². The van der Waals surface area contributed by atoms with Crippen molar-refractivity contribution >= 4 is 28.4 Å². The highest BCUT2D eigenvalue weighted by Crippen LogP contribution is 2.29. The zero-order chi connectivity index (χ0) is 20.2. The minimum absolute atomic E-state index is 0.105. The summed E-state index contributed by atoms with van der Waals surface area (Å²) >= 11 is 1.53. The average molecular weight is 410 g/mol. The van der Waals surface area contributed by atoms with Gasteiger partial charge >= 0.3 is 5.97 Å². The number of rotatable bonds is 7. The van der Waals surface area contributed by atoms with Crippen LogP contribution in [0.1, 0.15) is 16.1 Å². The second-order valence-electron chi connectivity index (χ2n) is 6.14. The molecular weight excluding hydrogens is 392 g/mol. The van der Waals surface area contributed by atoms with E-state index in [1.165, 1.54) is 11.3 Å². The van der Waals surface area contributed by atoms with Gasteiger partial charge in [0.15, 0.2) is 0 Å². The van der Waals surface area contributed by atoms with Gasteiger partial charge in [0, 0.05) is 0 Å². The number of carbonyl (C=O) groups excluding carboxylic acids is 1. The molecule has 148 valence electrons. The molecule has 0 saturated carbocycles. The molecule has 1 aromatic carbocycles. The summed E-state index contributed by atoms with van der Waals surface area (Å²) < 4.78 is 21.4. The summed E-state index contributed by atoms with van der Waals surface area (Å²) in [5, 5.41) is 6.44. The zero-order valence-corrected chi connectivity index (χ0v) is 16.7. The number of ether oxygens (including phenoxy) is 3. The van der Waals surface area contributed by atoms with E-state index in [-0.39, 0.29) is 13.2 Å². The largest absolute Gasteiger partial charge is 0.497 e. The van der Waals surface area contributed by atoms with E-state index < -0.39 is 5.97 Å². The first kappa shape index (κ1) is 18.9. The third-order valence-electron chi connectivity index (χ3n) is 4.26. The maximum atomic E-state index is 12.7. The number of carbonyl (C=O) groups is 1.